The van der Waals surface area contributed by atoms with Gasteiger partial charge >= 0.3 is 0 Å². The molecule has 0 fully saturated rings. The summed E-state index contributed by atoms with van der Waals surface area (Å²) < 4.78 is 7.99. The van der Waals surface area contributed by atoms with Gasteiger partial charge in [-0.1, -0.05) is 54.6 Å². The molecule has 1 heterocycles. The molecular weight excluding hydrogens is 362 g/mol. The Kier molecular flexibility index (Phi) is 5.86. The highest BCUT2D eigenvalue weighted by Gasteiger charge is 2.12. The number of hydrogen-bond acceptors (Lipinski definition) is 3. The van der Waals surface area contributed by atoms with Gasteiger partial charge in [0.25, 0.3) is 5.91 Å². The molecule has 5 nitrogen and oxygen atoms in total. The maximum atomic E-state index is 12.6. The molecule has 1 N–H and O–H groups in total. The number of carbonyl (C=O) groups excluding carboxylic acids is 1. The highest BCUT2D eigenvalue weighted by atomic mass is 16.5. The lowest BCUT2D eigenvalue weighted by Crippen LogP contribution is -2.25. The van der Waals surface area contributed by atoms with Crippen LogP contribution in [0, 0.1) is 0 Å². The maximum absolute atomic E-state index is 12.6. The van der Waals surface area contributed by atoms with Gasteiger partial charge in [0.15, 0.2) is 0 Å². The van der Waals surface area contributed by atoms with Crippen molar-refractivity contribution in [2.24, 2.45) is 0 Å². The van der Waals surface area contributed by atoms with Gasteiger partial charge < -0.3 is 14.6 Å². The lowest BCUT2D eigenvalue weighted by atomic mass is 10.2. The molecule has 29 heavy (non-hydrogen) atoms. The normalized spacial score (nSPS) is 10.8. The molecule has 0 aliphatic heterocycles. The van der Waals surface area contributed by atoms with Crippen molar-refractivity contribution < 1.29 is 9.53 Å². The van der Waals surface area contributed by atoms with Crippen molar-refractivity contribution in [2.45, 2.75) is 19.6 Å². The molecular formula is C24H23N3O2. The van der Waals surface area contributed by atoms with E-state index in [1.165, 1.54) is 0 Å². The molecule has 4 aromatic rings. The van der Waals surface area contributed by atoms with E-state index < -0.39 is 0 Å². The summed E-state index contributed by atoms with van der Waals surface area (Å²) >= 11 is 0. The number of rotatable bonds is 8. The summed E-state index contributed by atoms with van der Waals surface area (Å²) in [6.45, 7) is 1.81. The second-order valence-corrected chi connectivity index (χ2v) is 6.81. The minimum atomic E-state index is -0.121. The molecule has 0 saturated heterocycles. The Hall–Kier alpha value is -3.60. The average molecular weight is 385 g/mol. The fourth-order valence-electron chi connectivity index (χ4n) is 3.25. The quantitative estimate of drug-likeness (QED) is 0.456. The Morgan fingerprint density at radius 3 is 2.59 bits per heavy atom. The van der Waals surface area contributed by atoms with Crippen LogP contribution in [0.4, 0.5) is 0 Å². The maximum Gasteiger partial charge on any atom is 0.255 e. The van der Waals surface area contributed by atoms with Gasteiger partial charge in [0, 0.05) is 13.1 Å². The molecule has 0 aliphatic carbocycles. The summed E-state index contributed by atoms with van der Waals surface area (Å²) in [5.74, 6) is 0.471. The fourth-order valence-corrected chi connectivity index (χ4v) is 3.25. The number of aryl methyl sites for hydroxylation is 1. The van der Waals surface area contributed by atoms with E-state index in [-0.39, 0.29) is 5.91 Å². The number of nitrogens with one attached hydrogen (secondary N) is 1. The predicted octanol–water partition coefficient (Wildman–Crippen LogP) is 4.44. The van der Waals surface area contributed by atoms with Crippen molar-refractivity contribution in [3.63, 3.8) is 0 Å². The van der Waals surface area contributed by atoms with Crippen molar-refractivity contribution >= 4 is 16.9 Å². The molecule has 0 radical (unpaired) electrons. The summed E-state index contributed by atoms with van der Waals surface area (Å²) in [6.07, 6.45) is 2.67. The number of nitrogens with zero attached hydrogens (tertiary/aromatic N) is 2. The first-order valence-electron chi connectivity index (χ1n) is 9.75. The van der Waals surface area contributed by atoms with Crippen molar-refractivity contribution in [2.75, 3.05) is 6.54 Å². The van der Waals surface area contributed by atoms with Gasteiger partial charge in [0.2, 0.25) is 0 Å². The Morgan fingerprint density at radius 2 is 1.69 bits per heavy atom. The van der Waals surface area contributed by atoms with Crippen LogP contribution in [0.2, 0.25) is 0 Å². The molecule has 0 unspecified atom stereocenters. The molecule has 4 rings (SSSR count). The van der Waals surface area contributed by atoms with Crippen molar-refractivity contribution in [3.05, 3.63) is 96.3 Å². The van der Waals surface area contributed by atoms with Crippen LogP contribution < -0.4 is 10.1 Å². The minimum Gasteiger partial charge on any atom is -0.488 e. The Balaban J connectivity index is 1.31. The third-order valence-electron chi connectivity index (χ3n) is 4.76. The lowest BCUT2D eigenvalue weighted by molar-refractivity contribution is 0.0948. The van der Waals surface area contributed by atoms with E-state index in [0.717, 1.165) is 29.6 Å². The number of ether oxygens (including phenoxy) is 1. The van der Waals surface area contributed by atoms with E-state index in [1.54, 1.807) is 6.07 Å². The monoisotopic (exact) mass is 385 g/mol. The molecule has 0 aliphatic rings. The fraction of sp³-hybridized carbons (Fsp3) is 0.167. The van der Waals surface area contributed by atoms with E-state index in [9.17, 15) is 4.79 Å². The molecule has 0 bridgehead atoms. The SMILES string of the molecule is O=C(NCCCn1cnc2ccccc21)c1ccccc1OCc1ccccc1. The second-order valence-electron chi connectivity index (χ2n) is 6.81. The van der Waals surface area contributed by atoms with Crippen LogP contribution in [-0.4, -0.2) is 22.0 Å². The van der Waals surface area contributed by atoms with Gasteiger partial charge in [-0.25, -0.2) is 4.98 Å². The molecule has 0 spiro atoms. The number of amides is 1. The van der Waals surface area contributed by atoms with Crippen LogP contribution in [0.3, 0.4) is 0 Å². The largest absolute Gasteiger partial charge is 0.488 e. The van der Waals surface area contributed by atoms with Gasteiger partial charge in [-0.2, -0.15) is 0 Å². The molecule has 1 amide bonds. The topological polar surface area (TPSA) is 56.2 Å². The van der Waals surface area contributed by atoms with Gasteiger partial charge in [-0.15, -0.1) is 0 Å². The van der Waals surface area contributed by atoms with Crippen LogP contribution in [0.15, 0.2) is 85.2 Å². The van der Waals surface area contributed by atoms with E-state index in [4.69, 9.17) is 4.74 Å². The predicted molar refractivity (Wildman–Crippen MR) is 114 cm³/mol. The highest BCUT2D eigenvalue weighted by Crippen LogP contribution is 2.19. The highest BCUT2D eigenvalue weighted by molar-refractivity contribution is 5.96. The number of fused-ring (bicyclic) bond motifs is 1. The standard InChI is InChI=1S/C24H23N3O2/c28-24(25-15-8-16-27-18-26-21-12-5-6-13-22(21)27)20-11-4-7-14-23(20)29-17-19-9-2-1-3-10-19/h1-7,9-14,18H,8,15-17H2,(H,25,28). The van der Waals surface area contributed by atoms with Gasteiger partial charge in [0.05, 0.1) is 22.9 Å². The zero-order chi connectivity index (χ0) is 19.9. The first kappa shape index (κ1) is 18.7. The van der Waals surface area contributed by atoms with E-state index in [2.05, 4.69) is 20.9 Å². The number of benzene rings is 3. The third-order valence-corrected chi connectivity index (χ3v) is 4.76. The average Bonchev–Trinajstić information content (AvgIpc) is 3.19. The van der Waals surface area contributed by atoms with Crippen LogP contribution in [-0.2, 0) is 13.2 Å². The number of para-hydroxylation sites is 3. The smallest absolute Gasteiger partial charge is 0.255 e. The summed E-state index contributed by atoms with van der Waals surface area (Å²) in [5.41, 5.74) is 3.71. The molecule has 5 heteroatoms. The minimum absolute atomic E-state index is 0.121. The summed E-state index contributed by atoms with van der Waals surface area (Å²) in [5, 5.41) is 3.00. The number of aromatic nitrogens is 2. The van der Waals surface area contributed by atoms with Crippen LogP contribution in [0.5, 0.6) is 5.75 Å². The van der Waals surface area contributed by atoms with E-state index >= 15 is 0 Å². The molecule has 146 valence electrons. The number of imidazole rings is 1. The van der Waals surface area contributed by atoms with Crippen LogP contribution in [0.25, 0.3) is 11.0 Å². The zero-order valence-corrected chi connectivity index (χ0v) is 16.1. The van der Waals surface area contributed by atoms with E-state index in [1.807, 2.05) is 73.1 Å². The first-order chi connectivity index (χ1) is 14.3. The Bertz CT molecular complexity index is 1090. The van der Waals surface area contributed by atoms with Gasteiger partial charge in [-0.05, 0) is 36.2 Å². The van der Waals surface area contributed by atoms with E-state index in [0.29, 0.717) is 24.5 Å². The summed E-state index contributed by atoms with van der Waals surface area (Å²) in [6, 6.07) is 25.3. The Labute approximate surface area is 170 Å². The first-order valence-corrected chi connectivity index (χ1v) is 9.75. The van der Waals surface area contributed by atoms with Gasteiger partial charge in [0.1, 0.15) is 12.4 Å². The molecule has 3 aromatic carbocycles. The van der Waals surface area contributed by atoms with Crippen molar-refractivity contribution in [1.82, 2.24) is 14.9 Å². The van der Waals surface area contributed by atoms with Gasteiger partial charge in [-0.3, -0.25) is 4.79 Å². The second kappa shape index (κ2) is 9.06. The molecule has 0 atom stereocenters. The van der Waals surface area contributed by atoms with Crippen molar-refractivity contribution in [1.29, 1.82) is 0 Å². The third kappa shape index (κ3) is 4.63. The summed E-state index contributed by atoms with van der Waals surface area (Å²) in [4.78, 5) is 17.0. The summed E-state index contributed by atoms with van der Waals surface area (Å²) in [7, 11) is 0. The van der Waals surface area contributed by atoms with Crippen LogP contribution >= 0.6 is 0 Å². The molecule has 0 saturated carbocycles. The zero-order valence-electron chi connectivity index (χ0n) is 16.1. The van der Waals surface area contributed by atoms with Crippen LogP contribution in [0.1, 0.15) is 22.3 Å². The lowest BCUT2D eigenvalue weighted by Gasteiger charge is -2.12. The Morgan fingerprint density at radius 1 is 0.931 bits per heavy atom. The number of hydrogen-bond donors (Lipinski definition) is 1. The number of carbonyl (C=O) groups is 1. The van der Waals surface area contributed by atoms with Crippen molar-refractivity contribution in [3.8, 4) is 5.75 Å². The molecule has 1 aromatic heterocycles.